The molecule has 0 bridgehead atoms. The quantitative estimate of drug-likeness (QED) is 0.763. The molecule has 1 aromatic heterocycles. The number of halogens is 1. The van der Waals surface area contributed by atoms with E-state index in [2.05, 4.69) is 25.5 Å². The lowest BCUT2D eigenvalue weighted by Gasteiger charge is -2.28. The third-order valence-corrected chi connectivity index (χ3v) is 3.98. The molecule has 2 aromatic rings. The first-order valence-corrected chi connectivity index (χ1v) is 8.58. The van der Waals surface area contributed by atoms with Crippen LogP contribution in [0, 0.1) is 12.7 Å². The van der Waals surface area contributed by atoms with Crippen LogP contribution in [0.1, 0.15) is 16.2 Å². The number of carbonyl (C=O) groups is 1. The molecule has 0 aliphatic carbocycles. The summed E-state index contributed by atoms with van der Waals surface area (Å²) in [7, 11) is 0. The van der Waals surface area contributed by atoms with Crippen molar-refractivity contribution in [2.75, 3.05) is 49.6 Å². The summed E-state index contributed by atoms with van der Waals surface area (Å²) in [5.41, 5.74) is 0.430. The van der Waals surface area contributed by atoms with E-state index >= 15 is 0 Å². The van der Waals surface area contributed by atoms with E-state index in [0.717, 1.165) is 24.7 Å². The summed E-state index contributed by atoms with van der Waals surface area (Å²) >= 11 is 0. The highest BCUT2D eigenvalue weighted by Crippen LogP contribution is 2.16. The number of nitrogens with one attached hydrogen (secondary N) is 2. The van der Waals surface area contributed by atoms with Crippen molar-refractivity contribution in [3.8, 4) is 0 Å². The number of hydrogen-bond donors (Lipinski definition) is 2. The lowest BCUT2D eigenvalue weighted by molar-refractivity contribution is 0.0955. The van der Waals surface area contributed by atoms with Gasteiger partial charge in [0.05, 0.1) is 13.2 Å². The second kappa shape index (κ2) is 8.57. The molecule has 1 fully saturated rings. The number of rotatable bonds is 6. The van der Waals surface area contributed by atoms with E-state index < -0.39 is 0 Å². The molecule has 0 atom stereocenters. The van der Waals surface area contributed by atoms with Crippen LogP contribution >= 0.6 is 0 Å². The highest BCUT2D eigenvalue weighted by molar-refractivity contribution is 5.94. The number of benzene rings is 1. The Morgan fingerprint density at radius 2 is 1.92 bits per heavy atom. The number of amides is 1. The number of nitrogens with zero attached hydrogens (tertiary/aromatic N) is 3. The summed E-state index contributed by atoms with van der Waals surface area (Å²) in [6, 6.07) is 7.36. The zero-order valence-corrected chi connectivity index (χ0v) is 14.7. The van der Waals surface area contributed by atoms with Crippen molar-refractivity contribution in [1.29, 1.82) is 0 Å². The molecule has 0 spiro atoms. The van der Waals surface area contributed by atoms with Crippen LogP contribution in [0.5, 0.6) is 0 Å². The molecule has 1 aliphatic heterocycles. The lowest BCUT2D eigenvalue weighted by Crippen LogP contribution is -2.37. The molecule has 8 heteroatoms. The maximum atomic E-state index is 12.9. The number of morpholine rings is 1. The molecule has 7 nitrogen and oxygen atoms in total. The van der Waals surface area contributed by atoms with Crippen molar-refractivity contribution < 1.29 is 13.9 Å². The van der Waals surface area contributed by atoms with E-state index in [-0.39, 0.29) is 11.7 Å². The monoisotopic (exact) mass is 359 g/mol. The van der Waals surface area contributed by atoms with Crippen molar-refractivity contribution in [3.05, 3.63) is 47.5 Å². The summed E-state index contributed by atoms with van der Waals surface area (Å²) in [5, 5.41) is 5.98. The van der Waals surface area contributed by atoms with Crippen LogP contribution in [0.4, 0.5) is 16.0 Å². The Hall–Kier alpha value is -2.74. The van der Waals surface area contributed by atoms with Gasteiger partial charge in [0, 0.05) is 37.8 Å². The van der Waals surface area contributed by atoms with E-state index in [1.807, 2.05) is 13.0 Å². The van der Waals surface area contributed by atoms with Crippen molar-refractivity contribution in [2.24, 2.45) is 0 Å². The van der Waals surface area contributed by atoms with Gasteiger partial charge >= 0.3 is 0 Å². The summed E-state index contributed by atoms with van der Waals surface area (Å²) < 4.78 is 18.2. The predicted octanol–water partition coefficient (Wildman–Crippen LogP) is 1.60. The van der Waals surface area contributed by atoms with Crippen LogP contribution in [0.2, 0.25) is 0 Å². The number of aryl methyl sites for hydroxylation is 1. The molecule has 3 rings (SSSR count). The van der Waals surface area contributed by atoms with Gasteiger partial charge in [-0.15, -0.1) is 0 Å². The molecule has 1 saturated heterocycles. The fourth-order valence-electron chi connectivity index (χ4n) is 2.67. The van der Waals surface area contributed by atoms with Crippen LogP contribution < -0.4 is 15.5 Å². The van der Waals surface area contributed by atoms with Gasteiger partial charge in [-0.3, -0.25) is 4.79 Å². The van der Waals surface area contributed by atoms with Crippen LogP contribution in [-0.2, 0) is 4.74 Å². The van der Waals surface area contributed by atoms with Gasteiger partial charge in [-0.1, -0.05) is 0 Å². The molecule has 2 N–H and O–H groups in total. The average Bonchev–Trinajstić information content (AvgIpc) is 2.66. The highest BCUT2D eigenvalue weighted by atomic mass is 19.1. The molecule has 2 heterocycles. The number of anilines is 2. The third-order valence-electron chi connectivity index (χ3n) is 3.98. The maximum absolute atomic E-state index is 12.9. The molecular weight excluding hydrogens is 337 g/mol. The first kappa shape index (κ1) is 18.1. The third kappa shape index (κ3) is 4.89. The SMILES string of the molecule is Cc1nc(NCCNC(=O)c2ccc(F)cc2)cc(N2CCOCC2)n1. The van der Waals surface area contributed by atoms with Crippen molar-refractivity contribution in [3.63, 3.8) is 0 Å². The second-order valence-corrected chi connectivity index (χ2v) is 5.95. The normalized spacial score (nSPS) is 14.2. The molecule has 0 unspecified atom stereocenters. The first-order valence-electron chi connectivity index (χ1n) is 8.58. The van der Waals surface area contributed by atoms with Gasteiger partial charge in [-0.2, -0.15) is 0 Å². The van der Waals surface area contributed by atoms with E-state index in [9.17, 15) is 9.18 Å². The largest absolute Gasteiger partial charge is 0.378 e. The van der Waals surface area contributed by atoms with Gasteiger partial charge < -0.3 is 20.3 Å². The number of carbonyl (C=O) groups excluding carboxylic acids is 1. The summed E-state index contributed by atoms with van der Waals surface area (Å²) in [5.74, 6) is 1.68. The molecule has 0 saturated carbocycles. The molecule has 138 valence electrons. The van der Waals surface area contributed by atoms with Crippen LogP contribution in [-0.4, -0.2) is 55.3 Å². The Morgan fingerprint density at radius 3 is 2.65 bits per heavy atom. The van der Waals surface area contributed by atoms with E-state index in [1.54, 1.807) is 0 Å². The fraction of sp³-hybridized carbons (Fsp3) is 0.389. The van der Waals surface area contributed by atoms with Gasteiger partial charge in [0.1, 0.15) is 23.3 Å². The van der Waals surface area contributed by atoms with Crippen molar-refractivity contribution in [1.82, 2.24) is 15.3 Å². The minimum Gasteiger partial charge on any atom is -0.378 e. The van der Waals surface area contributed by atoms with E-state index in [0.29, 0.717) is 37.7 Å². The zero-order valence-electron chi connectivity index (χ0n) is 14.7. The Bertz CT molecular complexity index is 748. The number of ether oxygens (including phenoxy) is 1. The molecule has 26 heavy (non-hydrogen) atoms. The van der Waals surface area contributed by atoms with Gasteiger partial charge in [-0.05, 0) is 31.2 Å². The van der Waals surface area contributed by atoms with E-state index in [1.165, 1.54) is 24.3 Å². The highest BCUT2D eigenvalue weighted by Gasteiger charge is 2.14. The van der Waals surface area contributed by atoms with Gasteiger partial charge in [0.15, 0.2) is 0 Å². The maximum Gasteiger partial charge on any atom is 0.251 e. The minimum atomic E-state index is -0.363. The van der Waals surface area contributed by atoms with Crippen molar-refractivity contribution in [2.45, 2.75) is 6.92 Å². The Labute approximate surface area is 151 Å². The topological polar surface area (TPSA) is 79.4 Å². The summed E-state index contributed by atoms with van der Waals surface area (Å²) in [6.45, 7) is 5.80. The molecule has 0 radical (unpaired) electrons. The Balaban J connectivity index is 1.50. The second-order valence-electron chi connectivity index (χ2n) is 5.95. The Morgan fingerprint density at radius 1 is 1.19 bits per heavy atom. The number of hydrogen-bond acceptors (Lipinski definition) is 6. The minimum absolute atomic E-state index is 0.236. The molecule has 1 aliphatic rings. The first-order chi connectivity index (χ1) is 12.6. The van der Waals surface area contributed by atoms with Gasteiger partial charge in [-0.25, -0.2) is 14.4 Å². The summed E-state index contributed by atoms with van der Waals surface area (Å²) in [4.78, 5) is 23.0. The Kier molecular flexibility index (Phi) is 5.96. The predicted molar refractivity (Wildman–Crippen MR) is 97.0 cm³/mol. The lowest BCUT2D eigenvalue weighted by atomic mass is 10.2. The summed E-state index contributed by atoms with van der Waals surface area (Å²) in [6.07, 6.45) is 0. The number of aromatic nitrogens is 2. The standard InChI is InChI=1S/C18H22FN5O2/c1-13-22-16(12-17(23-13)24-8-10-26-11-9-24)20-6-7-21-18(25)14-2-4-15(19)5-3-14/h2-5,12H,6-11H2,1H3,(H,21,25)(H,20,22,23). The molecule has 1 aromatic carbocycles. The van der Waals surface area contributed by atoms with E-state index in [4.69, 9.17) is 4.74 Å². The average molecular weight is 359 g/mol. The molecular formula is C18H22FN5O2. The van der Waals surface area contributed by atoms with Crippen LogP contribution in [0.3, 0.4) is 0 Å². The van der Waals surface area contributed by atoms with Gasteiger partial charge in [0.25, 0.3) is 5.91 Å². The van der Waals surface area contributed by atoms with Crippen molar-refractivity contribution >= 4 is 17.5 Å². The fourth-order valence-corrected chi connectivity index (χ4v) is 2.67. The molecule has 1 amide bonds. The van der Waals surface area contributed by atoms with Crippen LogP contribution in [0.15, 0.2) is 30.3 Å². The van der Waals surface area contributed by atoms with Crippen LogP contribution in [0.25, 0.3) is 0 Å². The smallest absolute Gasteiger partial charge is 0.251 e. The zero-order chi connectivity index (χ0) is 18.4. The van der Waals surface area contributed by atoms with Gasteiger partial charge in [0.2, 0.25) is 0 Å².